The fraction of sp³-hybridized carbons (Fsp3) is 0.467. The van der Waals surface area contributed by atoms with Crippen LogP contribution >= 0.6 is 11.6 Å². The van der Waals surface area contributed by atoms with Crippen LogP contribution in [0.5, 0.6) is 0 Å². The molecule has 2 atom stereocenters. The van der Waals surface area contributed by atoms with Crippen molar-refractivity contribution in [2.75, 3.05) is 13.2 Å². The van der Waals surface area contributed by atoms with Crippen LogP contribution in [0, 0.1) is 0 Å². The van der Waals surface area contributed by atoms with Crippen LogP contribution in [0.25, 0.3) is 0 Å². The third-order valence-corrected chi connectivity index (χ3v) is 4.23. The Morgan fingerprint density at radius 1 is 1.35 bits per heavy atom. The van der Waals surface area contributed by atoms with E-state index in [0.29, 0.717) is 24.4 Å². The molecule has 0 radical (unpaired) electrons. The van der Waals surface area contributed by atoms with Crippen LogP contribution in [0.15, 0.2) is 24.3 Å². The quantitative estimate of drug-likeness (QED) is 0.854. The van der Waals surface area contributed by atoms with Gasteiger partial charge >= 0.3 is 0 Å². The highest BCUT2D eigenvalue weighted by Gasteiger charge is 2.46. The third kappa shape index (κ3) is 2.58. The Morgan fingerprint density at radius 3 is 2.85 bits per heavy atom. The lowest BCUT2D eigenvalue weighted by Gasteiger charge is -2.21. The maximum absolute atomic E-state index is 12.3. The summed E-state index contributed by atoms with van der Waals surface area (Å²) in [6.45, 7) is 0.775. The van der Waals surface area contributed by atoms with E-state index in [1.807, 2.05) is 24.3 Å². The molecular formula is C15H16ClNO3. The maximum atomic E-state index is 12.3. The van der Waals surface area contributed by atoms with E-state index in [2.05, 4.69) is 0 Å². The smallest absolute Gasteiger partial charge is 0.223 e. The molecule has 2 fully saturated rings. The summed E-state index contributed by atoms with van der Waals surface area (Å²) in [6, 6.07) is 7.15. The van der Waals surface area contributed by atoms with Gasteiger partial charge in [0.1, 0.15) is 12.6 Å². The number of aryl methyl sites for hydroxylation is 1. The fourth-order valence-electron chi connectivity index (χ4n) is 2.92. The molecule has 1 amide bonds. The van der Waals surface area contributed by atoms with Gasteiger partial charge in [0.15, 0.2) is 5.78 Å². The molecule has 2 aliphatic rings. The van der Waals surface area contributed by atoms with Gasteiger partial charge in [0, 0.05) is 18.0 Å². The second-order valence-electron chi connectivity index (χ2n) is 5.26. The lowest BCUT2D eigenvalue weighted by atomic mass is 10.1. The van der Waals surface area contributed by atoms with Gasteiger partial charge in [-0.1, -0.05) is 23.7 Å². The van der Waals surface area contributed by atoms with E-state index in [-0.39, 0.29) is 30.4 Å². The highest BCUT2D eigenvalue weighted by molar-refractivity contribution is 6.30. The van der Waals surface area contributed by atoms with Crippen molar-refractivity contribution >= 4 is 23.3 Å². The summed E-state index contributed by atoms with van der Waals surface area (Å²) in [5.41, 5.74) is 1.08. The lowest BCUT2D eigenvalue weighted by Crippen LogP contribution is -2.42. The number of carbonyl (C=O) groups excluding carboxylic acids is 2. The molecule has 0 aliphatic carbocycles. The monoisotopic (exact) mass is 293 g/mol. The number of carbonyl (C=O) groups is 2. The van der Waals surface area contributed by atoms with Gasteiger partial charge in [-0.05, 0) is 30.5 Å². The molecule has 0 bridgehead atoms. The third-order valence-electron chi connectivity index (χ3n) is 3.97. The van der Waals surface area contributed by atoms with Gasteiger partial charge in [0.05, 0.1) is 6.10 Å². The van der Waals surface area contributed by atoms with E-state index >= 15 is 0 Å². The second kappa shape index (κ2) is 5.54. The van der Waals surface area contributed by atoms with Crippen LogP contribution in [0.1, 0.15) is 18.4 Å². The number of halogens is 1. The molecule has 0 N–H and O–H groups in total. The number of fused-ring (bicyclic) bond motifs is 1. The highest BCUT2D eigenvalue weighted by Crippen LogP contribution is 2.27. The van der Waals surface area contributed by atoms with Crippen molar-refractivity contribution in [1.82, 2.24) is 4.90 Å². The molecule has 2 heterocycles. The second-order valence-corrected chi connectivity index (χ2v) is 5.70. The topological polar surface area (TPSA) is 46.6 Å². The molecule has 0 saturated carbocycles. The van der Waals surface area contributed by atoms with Crippen molar-refractivity contribution in [3.63, 3.8) is 0 Å². The number of ether oxygens (including phenoxy) is 1. The molecule has 2 saturated heterocycles. The highest BCUT2D eigenvalue weighted by atomic mass is 35.5. The molecule has 20 heavy (non-hydrogen) atoms. The van der Waals surface area contributed by atoms with Crippen LogP contribution < -0.4 is 0 Å². The summed E-state index contributed by atoms with van der Waals surface area (Å²) >= 11 is 5.83. The molecule has 4 nitrogen and oxygen atoms in total. The molecule has 0 spiro atoms. The van der Waals surface area contributed by atoms with E-state index in [4.69, 9.17) is 16.3 Å². The number of Topliss-reactive ketones (excluding diaryl/α,β-unsaturated/α-hetero) is 1. The predicted octanol–water partition coefficient (Wildman–Crippen LogP) is 1.84. The summed E-state index contributed by atoms with van der Waals surface area (Å²) < 4.78 is 5.39. The number of amides is 1. The Labute approximate surface area is 122 Å². The average molecular weight is 294 g/mol. The standard InChI is InChI=1S/C15H16ClNO3/c16-11-4-1-10(2-5-11)3-6-14(19)17-8-7-13-15(17)12(18)9-20-13/h1-2,4-5,13,15H,3,6-9H2. The zero-order valence-electron chi connectivity index (χ0n) is 11.0. The summed E-state index contributed by atoms with van der Waals surface area (Å²) in [7, 11) is 0. The van der Waals surface area contributed by atoms with Crippen LogP contribution in [0.3, 0.4) is 0 Å². The molecule has 1 aromatic rings. The Kier molecular flexibility index (Phi) is 3.76. The Hall–Kier alpha value is -1.39. The molecule has 2 unspecified atom stereocenters. The normalized spacial score (nSPS) is 25.1. The van der Waals surface area contributed by atoms with Crippen LogP contribution in [0.4, 0.5) is 0 Å². The first-order valence-electron chi connectivity index (χ1n) is 6.83. The zero-order valence-corrected chi connectivity index (χ0v) is 11.8. The van der Waals surface area contributed by atoms with Crippen LogP contribution in [-0.2, 0) is 20.7 Å². The van der Waals surface area contributed by atoms with Crippen molar-refractivity contribution < 1.29 is 14.3 Å². The maximum Gasteiger partial charge on any atom is 0.223 e. The van der Waals surface area contributed by atoms with Crippen molar-refractivity contribution in [2.24, 2.45) is 0 Å². The van der Waals surface area contributed by atoms with E-state index < -0.39 is 0 Å². The van der Waals surface area contributed by atoms with E-state index in [1.54, 1.807) is 4.90 Å². The molecule has 2 aliphatic heterocycles. The van der Waals surface area contributed by atoms with E-state index in [9.17, 15) is 9.59 Å². The number of hydrogen-bond donors (Lipinski definition) is 0. The van der Waals surface area contributed by atoms with Gasteiger partial charge in [0.2, 0.25) is 5.91 Å². The molecular weight excluding hydrogens is 278 g/mol. The minimum Gasteiger partial charge on any atom is -0.368 e. The van der Waals surface area contributed by atoms with Crippen molar-refractivity contribution in [3.8, 4) is 0 Å². The average Bonchev–Trinajstić information content (AvgIpc) is 3.01. The van der Waals surface area contributed by atoms with Gasteiger partial charge in [-0.25, -0.2) is 0 Å². The van der Waals surface area contributed by atoms with Crippen LogP contribution in [0.2, 0.25) is 5.02 Å². The first-order chi connectivity index (χ1) is 9.65. The summed E-state index contributed by atoms with van der Waals surface area (Å²) in [5.74, 6) is 0.0682. The summed E-state index contributed by atoms with van der Waals surface area (Å²) in [6.07, 6.45) is 1.77. The van der Waals surface area contributed by atoms with E-state index in [0.717, 1.165) is 12.0 Å². The fourth-order valence-corrected chi connectivity index (χ4v) is 3.05. The predicted molar refractivity (Wildman–Crippen MR) is 74.6 cm³/mol. The lowest BCUT2D eigenvalue weighted by molar-refractivity contribution is -0.136. The first-order valence-corrected chi connectivity index (χ1v) is 7.21. The largest absolute Gasteiger partial charge is 0.368 e. The van der Waals surface area contributed by atoms with Gasteiger partial charge in [-0.3, -0.25) is 9.59 Å². The van der Waals surface area contributed by atoms with Gasteiger partial charge < -0.3 is 9.64 Å². The molecule has 3 rings (SSSR count). The minimum atomic E-state index is -0.340. The van der Waals surface area contributed by atoms with Gasteiger partial charge in [-0.2, -0.15) is 0 Å². The number of likely N-dealkylation sites (tertiary alicyclic amines) is 1. The number of benzene rings is 1. The molecule has 0 aromatic heterocycles. The Balaban J connectivity index is 1.59. The van der Waals surface area contributed by atoms with Gasteiger partial charge in [-0.15, -0.1) is 0 Å². The van der Waals surface area contributed by atoms with Crippen LogP contribution in [-0.4, -0.2) is 41.9 Å². The zero-order chi connectivity index (χ0) is 14.1. The number of nitrogens with zero attached hydrogens (tertiary/aromatic N) is 1. The van der Waals surface area contributed by atoms with E-state index in [1.165, 1.54) is 0 Å². The summed E-state index contributed by atoms with van der Waals surface area (Å²) in [4.78, 5) is 25.7. The SMILES string of the molecule is O=C1COC2CCN(C(=O)CCc3ccc(Cl)cc3)C12. The molecule has 106 valence electrons. The van der Waals surface area contributed by atoms with Gasteiger partial charge in [0.25, 0.3) is 0 Å². The Morgan fingerprint density at radius 2 is 2.10 bits per heavy atom. The molecule has 5 heteroatoms. The van der Waals surface area contributed by atoms with Crippen molar-refractivity contribution in [2.45, 2.75) is 31.4 Å². The first kappa shape index (κ1) is 13.6. The van der Waals surface area contributed by atoms with Crippen molar-refractivity contribution in [3.05, 3.63) is 34.9 Å². The van der Waals surface area contributed by atoms with Crippen molar-refractivity contribution in [1.29, 1.82) is 0 Å². The molecule has 1 aromatic carbocycles. The Bertz CT molecular complexity index is 528. The summed E-state index contributed by atoms with van der Waals surface area (Å²) in [5, 5.41) is 0.691. The number of rotatable bonds is 3. The minimum absolute atomic E-state index is 0.0336. The number of hydrogen-bond acceptors (Lipinski definition) is 3. The number of ketones is 1.